The predicted octanol–water partition coefficient (Wildman–Crippen LogP) is 1.52. The van der Waals surface area contributed by atoms with Gasteiger partial charge in [-0.05, 0) is 25.5 Å². The van der Waals surface area contributed by atoms with Gasteiger partial charge in [0.1, 0.15) is 0 Å². The first-order chi connectivity index (χ1) is 12.9. The van der Waals surface area contributed by atoms with Gasteiger partial charge >= 0.3 is 6.03 Å². The number of amides is 3. The molecule has 3 N–H and O–H groups in total. The number of carbonyl (C=O) groups is 2. The fourth-order valence-electron chi connectivity index (χ4n) is 2.76. The number of nitrogens with zero attached hydrogens (tertiary/aromatic N) is 4. The lowest BCUT2D eigenvalue weighted by atomic mass is 10.2. The minimum absolute atomic E-state index is 0.116. The van der Waals surface area contributed by atoms with Crippen LogP contribution in [0.25, 0.3) is 16.7 Å². The number of aryl methyl sites for hydroxylation is 1. The van der Waals surface area contributed by atoms with Crippen molar-refractivity contribution < 1.29 is 9.59 Å². The van der Waals surface area contributed by atoms with E-state index in [1.165, 1.54) is 0 Å². The van der Waals surface area contributed by atoms with E-state index in [4.69, 9.17) is 5.73 Å². The normalized spacial score (nSPS) is 12.4. The number of primary amides is 1. The van der Waals surface area contributed by atoms with Gasteiger partial charge in [-0.3, -0.25) is 23.9 Å². The number of para-hydroxylation sites is 1. The highest BCUT2D eigenvalue weighted by Gasteiger charge is 2.22. The molecule has 0 bridgehead atoms. The molecule has 10 heteroatoms. The quantitative estimate of drug-likeness (QED) is 0.617. The molecule has 0 aliphatic heterocycles. The maximum absolute atomic E-state index is 12.9. The summed E-state index contributed by atoms with van der Waals surface area (Å²) in [6.07, 6.45) is 1.77. The zero-order valence-corrected chi connectivity index (χ0v) is 15.8. The van der Waals surface area contributed by atoms with Gasteiger partial charge in [-0.1, -0.05) is 37.2 Å². The zero-order chi connectivity index (χ0) is 19.6. The Morgan fingerprint density at radius 3 is 2.74 bits per heavy atom. The Kier molecular flexibility index (Phi) is 5.45. The standard InChI is InChI=1S/C17H20N6O3S/c1-3-4-9-22-14(25)11-7-5-6-8-12(11)23-16(22)20-21-17(23)27-10(2)13(24)19-15(18)26/h5-8,10H,3-4,9H2,1-2H3,(H3,18,19,24,26). The number of aromatic nitrogens is 4. The molecule has 1 unspecified atom stereocenters. The van der Waals surface area contributed by atoms with E-state index >= 15 is 0 Å². The van der Waals surface area contributed by atoms with Crippen molar-refractivity contribution in [3.8, 4) is 0 Å². The summed E-state index contributed by atoms with van der Waals surface area (Å²) in [6.45, 7) is 4.22. The molecule has 1 atom stereocenters. The number of nitrogens with two attached hydrogens (primary N) is 1. The molecule has 1 aromatic carbocycles. The van der Waals surface area contributed by atoms with E-state index in [0.717, 1.165) is 24.6 Å². The van der Waals surface area contributed by atoms with Crippen LogP contribution < -0.4 is 16.6 Å². The van der Waals surface area contributed by atoms with Crippen molar-refractivity contribution in [2.75, 3.05) is 0 Å². The van der Waals surface area contributed by atoms with Gasteiger partial charge in [-0.25, -0.2) is 4.79 Å². The van der Waals surface area contributed by atoms with E-state index in [1.54, 1.807) is 28.0 Å². The number of imide groups is 1. The molecule has 0 saturated carbocycles. The van der Waals surface area contributed by atoms with Crippen LogP contribution in [0, 0.1) is 0 Å². The van der Waals surface area contributed by atoms with Crippen LogP contribution in [-0.4, -0.2) is 36.4 Å². The molecule has 3 aromatic rings. The SMILES string of the molecule is CCCCn1c(=O)c2ccccc2n2c(SC(C)C(=O)NC(N)=O)nnc12. The van der Waals surface area contributed by atoms with Crippen LogP contribution in [0.4, 0.5) is 4.79 Å². The number of unbranched alkanes of at least 4 members (excludes halogenated alkanes) is 1. The molecular weight excluding hydrogens is 368 g/mol. The first-order valence-corrected chi connectivity index (χ1v) is 9.45. The minimum Gasteiger partial charge on any atom is -0.351 e. The fraction of sp³-hybridized carbons (Fsp3) is 0.353. The molecule has 0 spiro atoms. The molecule has 0 radical (unpaired) electrons. The lowest BCUT2D eigenvalue weighted by molar-refractivity contribution is -0.119. The summed E-state index contributed by atoms with van der Waals surface area (Å²) >= 11 is 1.14. The largest absolute Gasteiger partial charge is 0.351 e. The first-order valence-electron chi connectivity index (χ1n) is 8.57. The first kappa shape index (κ1) is 18.9. The zero-order valence-electron chi connectivity index (χ0n) is 15.0. The third-order valence-corrected chi connectivity index (χ3v) is 5.15. The van der Waals surface area contributed by atoms with Crippen LogP contribution in [0.15, 0.2) is 34.2 Å². The summed E-state index contributed by atoms with van der Waals surface area (Å²) in [5.41, 5.74) is 5.55. The summed E-state index contributed by atoms with van der Waals surface area (Å²) < 4.78 is 3.38. The van der Waals surface area contributed by atoms with Gasteiger partial charge in [0.25, 0.3) is 5.56 Å². The third kappa shape index (κ3) is 3.65. The molecule has 0 saturated heterocycles. The van der Waals surface area contributed by atoms with Crippen LogP contribution in [0.5, 0.6) is 0 Å². The van der Waals surface area contributed by atoms with Gasteiger partial charge in [0.15, 0.2) is 5.16 Å². The number of benzene rings is 1. The Morgan fingerprint density at radius 1 is 1.30 bits per heavy atom. The Morgan fingerprint density at radius 2 is 2.04 bits per heavy atom. The molecule has 3 rings (SSSR count). The van der Waals surface area contributed by atoms with Gasteiger partial charge in [-0.2, -0.15) is 0 Å². The van der Waals surface area contributed by atoms with Crippen molar-refractivity contribution >= 4 is 40.4 Å². The van der Waals surface area contributed by atoms with Crippen molar-refractivity contribution in [3.05, 3.63) is 34.6 Å². The molecule has 27 heavy (non-hydrogen) atoms. The van der Waals surface area contributed by atoms with E-state index < -0.39 is 17.2 Å². The van der Waals surface area contributed by atoms with E-state index in [0.29, 0.717) is 28.4 Å². The highest BCUT2D eigenvalue weighted by atomic mass is 32.2. The summed E-state index contributed by atoms with van der Waals surface area (Å²) in [7, 11) is 0. The molecule has 0 aliphatic rings. The Bertz CT molecular complexity index is 1070. The van der Waals surface area contributed by atoms with Crippen LogP contribution in [-0.2, 0) is 11.3 Å². The van der Waals surface area contributed by atoms with Crippen molar-refractivity contribution in [1.29, 1.82) is 0 Å². The van der Waals surface area contributed by atoms with Crippen molar-refractivity contribution in [3.63, 3.8) is 0 Å². The fourth-order valence-corrected chi connectivity index (χ4v) is 3.62. The monoisotopic (exact) mass is 388 g/mol. The van der Waals surface area contributed by atoms with Gasteiger partial charge in [0, 0.05) is 6.54 Å². The number of urea groups is 1. The van der Waals surface area contributed by atoms with Gasteiger partial charge in [-0.15, -0.1) is 10.2 Å². The van der Waals surface area contributed by atoms with E-state index in [9.17, 15) is 14.4 Å². The predicted molar refractivity (Wildman–Crippen MR) is 103 cm³/mol. The van der Waals surface area contributed by atoms with Crippen molar-refractivity contribution in [1.82, 2.24) is 24.5 Å². The minimum atomic E-state index is -0.905. The lowest BCUT2D eigenvalue weighted by Gasteiger charge is -2.12. The summed E-state index contributed by atoms with van der Waals surface area (Å²) in [4.78, 5) is 35.8. The molecule has 2 aromatic heterocycles. The van der Waals surface area contributed by atoms with Crippen LogP contribution >= 0.6 is 11.8 Å². The summed E-state index contributed by atoms with van der Waals surface area (Å²) in [5.74, 6) is -0.0926. The van der Waals surface area contributed by atoms with Crippen molar-refractivity contribution in [2.24, 2.45) is 5.73 Å². The number of hydrogen-bond acceptors (Lipinski definition) is 6. The summed E-state index contributed by atoms with van der Waals surface area (Å²) in [6, 6.07) is 6.30. The Hall–Kier alpha value is -2.88. The van der Waals surface area contributed by atoms with Gasteiger partial charge in [0.2, 0.25) is 11.7 Å². The molecule has 3 amide bonds. The number of thioether (sulfide) groups is 1. The molecule has 2 heterocycles. The maximum atomic E-state index is 12.9. The van der Waals surface area contributed by atoms with E-state index in [1.807, 2.05) is 19.1 Å². The summed E-state index contributed by atoms with van der Waals surface area (Å²) in [5, 5.41) is 10.8. The second-order valence-corrected chi connectivity index (χ2v) is 7.37. The van der Waals surface area contributed by atoms with E-state index in [2.05, 4.69) is 15.5 Å². The topological polar surface area (TPSA) is 124 Å². The average molecular weight is 388 g/mol. The molecule has 0 aliphatic carbocycles. The Balaban J connectivity index is 2.13. The molecule has 142 valence electrons. The molecule has 9 nitrogen and oxygen atoms in total. The molecule has 0 fully saturated rings. The van der Waals surface area contributed by atoms with E-state index in [-0.39, 0.29) is 5.56 Å². The second kappa shape index (κ2) is 7.78. The van der Waals surface area contributed by atoms with Crippen LogP contribution in [0.1, 0.15) is 26.7 Å². The van der Waals surface area contributed by atoms with Gasteiger partial charge < -0.3 is 5.73 Å². The number of fused-ring (bicyclic) bond motifs is 3. The Labute approximate surface area is 158 Å². The van der Waals surface area contributed by atoms with Gasteiger partial charge in [0.05, 0.1) is 16.2 Å². The smallest absolute Gasteiger partial charge is 0.318 e. The average Bonchev–Trinajstić information content (AvgIpc) is 3.04. The molecular formula is C17H20N6O3S. The number of nitrogens with one attached hydrogen (secondary N) is 1. The highest BCUT2D eigenvalue weighted by Crippen LogP contribution is 2.25. The number of hydrogen-bond donors (Lipinski definition) is 2. The second-order valence-electron chi connectivity index (χ2n) is 6.06. The van der Waals surface area contributed by atoms with Crippen molar-refractivity contribution in [2.45, 2.75) is 43.6 Å². The maximum Gasteiger partial charge on any atom is 0.318 e. The van der Waals surface area contributed by atoms with Crippen LogP contribution in [0.2, 0.25) is 0 Å². The van der Waals surface area contributed by atoms with Crippen LogP contribution in [0.3, 0.4) is 0 Å². The lowest BCUT2D eigenvalue weighted by Crippen LogP contribution is -2.39. The number of carbonyl (C=O) groups excluding carboxylic acids is 2. The number of rotatable bonds is 6. The third-order valence-electron chi connectivity index (χ3n) is 4.11. The highest BCUT2D eigenvalue weighted by molar-refractivity contribution is 8.00.